The standard InChI is InChI=1S/C37H60N2O9/c1-7-11-13-15-17-22-31(40)45-26-30(27-46-32(41)23-18-16-14-12-8-2)47-33(42)24-25-34(43)48-37(39(9-3)10-4)36(44)38-35-28(5)20-19-21-29(35)6/h19-21,30,37H,7-18,22-27H2,1-6H3,(H,38,44). The van der Waals surface area contributed by atoms with Crippen LogP contribution in [-0.2, 0) is 42.9 Å². The van der Waals surface area contributed by atoms with Crippen LogP contribution in [0.3, 0.4) is 0 Å². The fraction of sp³-hybridized carbons (Fsp3) is 0.703. The maximum absolute atomic E-state index is 13.3. The molecule has 272 valence electrons. The lowest BCUT2D eigenvalue weighted by Gasteiger charge is -2.28. The van der Waals surface area contributed by atoms with Crippen molar-refractivity contribution in [2.45, 2.75) is 144 Å². The number of amides is 1. The van der Waals surface area contributed by atoms with Gasteiger partial charge >= 0.3 is 23.9 Å². The number of hydrogen-bond acceptors (Lipinski definition) is 10. The first-order chi connectivity index (χ1) is 23.1. The van der Waals surface area contributed by atoms with Crippen molar-refractivity contribution in [2.24, 2.45) is 0 Å². The molecular formula is C37H60N2O9. The van der Waals surface area contributed by atoms with Gasteiger partial charge in [0.1, 0.15) is 13.2 Å². The molecule has 1 aromatic rings. The summed E-state index contributed by atoms with van der Waals surface area (Å²) in [5.41, 5.74) is 2.40. The van der Waals surface area contributed by atoms with Gasteiger partial charge in [0, 0.05) is 18.5 Å². The quantitative estimate of drug-likeness (QED) is 0.0475. The van der Waals surface area contributed by atoms with Crippen molar-refractivity contribution in [2.75, 3.05) is 31.6 Å². The van der Waals surface area contributed by atoms with Gasteiger partial charge in [-0.3, -0.25) is 28.9 Å². The van der Waals surface area contributed by atoms with Gasteiger partial charge in [-0.2, -0.15) is 0 Å². The first-order valence-electron chi connectivity index (χ1n) is 17.9. The Kier molecular flexibility index (Phi) is 22.6. The zero-order chi connectivity index (χ0) is 35.7. The number of hydrogen-bond donors (Lipinski definition) is 1. The van der Waals surface area contributed by atoms with E-state index in [-0.39, 0.29) is 38.9 Å². The van der Waals surface area contributed by atoms with Crippen LogP contribution in [0.4, 0.5) is 5.69 Å². The van der Waals surface area contributed by atoms with Crippen LogP contribution in [0.25, 0.3) is 0 Å². The third-order valence-corrected chi connectivity index (χ3v) is 8.00. The molecule has 0 aliphatic heterocycles. The number of likely N-dealkylation sites (N-methyl/N-ethyl adjacent to an activating group) is 1. The summed E-state index contributed by atoms with van der Waals surface area (Å²) in [5, 5.41) is 2.88. The normalized spacial score (nSPS) is 11.7. The molecule has 0 saturated carbocycles. The molecule has 1 unspecified atom stereocenters. The first kappa shape index (κ1) is 42.6. The molecule has 0 aliphatic carbocycles. The lowest BCUT2D eigenvalue weighted by molar-refractivity contribution is -0.170. The van der Waals surface area contributed by atoms with Gasteiger partial charge in [-0.05, 0) is 50.9 Å². The van der Waals surface area contributed by atoms with Crippen LogP contribution in [0.2, 0.25) is 0 Å². The second-order valence-electron chi connectivity index (χ2n) is 12.1. The first-order valence-corrected chi connectivity index (χ1v) is 17.9. The van der Waals surface area contributed by atoms with Crippen molar-refractivity contribution >= 4 is 35.5 Å². The highest BCUT2D eigenvalue weighted by Gasteiger charge is 2.29. The smallest absolute Gasteiger partial charge is 0.308 e. The Morgan fingerprint density at radius 1 is 0.625 bits per heavy atom. The van der Waals surface area contributed by atoms with Crippen molar-refractivity contribution in [3.63, 3.8) is 0 Å². The third kappa shape index (κ3) is 18.2. The summed E-state index contributed by atoms with van der Waals surface area (Å²) in [6.45, 7) is 12.1. The SMILES string of the molecule is CCCCCCCC(=O)OCC(COC(=O)CCCCCCC)OC(=O)CCC(=O)OC(C(=O)Nc1c(C)cccc1C)N(CC)CC. The number of para-hydroxylation sites is 1. The number of ether oxygens (including phenoxy) is 4. The fourth-order valence-corrected chi connectivity index (χ4v) is 5.06. The molecule has 0 aliphatic rings. The number of unbranched alkanes of at least 4 members (excludes halogenated alkanes) is 8. The molecule has 0 bridgehead atoms. The number of carbonyl (C=O) groups excluding carboxylic acids is 5. The van der Waals surface area contributed by atoms with Crippen molar-refractivity contribution in [3.8, 4) is 0 Å². The van der Waals surface area contributed by atoms with E-state index in [4.69, 9.17) is 18.9 Å². The van der Waals surface area contributed by atoms with Crippen LogP contribution < -0.4 is 5.32 Å². The number of nitrogens with one attached hydrogen (secondary N) is 1. The Morgan fingerprint density at radius 2 is 1.08 bits per heavy atom. The van der Waals surface area contributed by atoms with Gasteiger partial charge in [0.25, 0.3) is 5.91 Å². The molecule has 1 N–H and O–H groups in total. The maximum Gasteiger partial charge on any atom is 0.308 e. The van der Waals surface area contributed by atoms with Crippen molar-refractivity contribution in [3.05, 3.63) is 29.3 Å². The second kappa shape index (κ2) is 25.5. The fourth-order valence-electron chi connectivity index (χ4n) is 5.06. The van der Waals surface area contributed by atoms with Gasteiger partial charge in [0.15, 0.2) is 6.10 Å². The minimum absolute atomic E-state index is 0.248. The van der Waals surface area contributed by atoms with E-state index in [2.05, 4.69) is 19.2 Å². The van der Waals surface area contributed by atoms with E-state index in [1.807, 2.05) is 45.9 Å². The molecule has 1 atom stereocenters. The molecule has 11 nitrogen and oxygen atoms in total. The number of benzene rings is 1. The van der Waals surface area contributed by atoms with E-state index in [1.165, 1.54) is 0 Å². The van der Waals surface area contributed by atoms with Crippen molar-refractivity contribution in [1.29, 1.82) is 0 Å². The minimum Gasteiger partial charge on any atom is -0.462 e. The summed E-state index contributed by atoms with van der Waals surface area (Å²) in [7, 11) is 0. The molecule has 0 aromatic heterocycles. The summed E-state index contributed by atoms with van der Waals surface area (Å²) >= 11 is 0. The Morgan fingerprint density at radius 3 is 1.54 bits per heavy atom. The Labute approximate surface area is 287 Å². The van der Waals surface area contributed by atoms with Gasteiger partial charge in [-0.15, -0.1) is 0 Å². The number of nitrogens with zero attached hydrogens (tertiary/aromatic N) is 1. The predicted molar refractivity (Wildman–Crippen MR) is 185 cm³/mol. The monoisotopic (exact) mass is 676 g/mol. The van der Waals surface area contributed by atoms with E-state index in [9.17, 15) is 24.0 Å². The minimum atomic E-state index is -1.20. The largest absolute Gasteiger partial charge is 0.462 e. The zero-order valence-electron chi connectivity index (χ0n) is 30.2. The van der Waals surface area contributed by atoms with E-state index >= 15 is 0 Å². The summed E-state index contributed by atoms with van der Waals surface area (Å²) < 4.78 is 21.7. The number of rotatable bonds is 26. The third-order valence-electron chi connectivity index (χ3n) is 8.00. The molecule has 1 amide bonds. The number of anilines is 1. The van der Waals surface area contributed by atoms with E-state index < -0.39 is 42.1 Å². The number of esters is 4. The van der Waals surface area contributed by atoms with Gasteiger partial charge in [0.2, 0.25) is 6.23 Å². The zero-order valence-corrected chi connectivity index (χ0v) is 30.2. The van der Waals surface area contributed by atoms with Gasteiger partial charge < -0.3 is 24.3 Å². The molecule has 1 rings (SSSR count). The van der Waals surface area contributed by atoms with Crippen LogP contribution in [0.1, 0.15) is 129 Å². The Hall–Kier alpha value is -3.47. The number of carbonyl (C=O) groups is 5. The second-order valence-corrected chi connectivity index (χ2v) is 12.1. The molecule has 11 heteroatoms. The van der Waals surface area contributed by atoms with E-state index in [0.29, 0.717) is 31.6 Å². The van der Waals surface area contributed by atoms with Crippen molar-refractivity contribution in [1.82, 2.24) is 4.90 Å². The molecule has 0 spiro atoms. The van der Waals surface area contributed by atoms with Gasteiger partial charge in [-0.25, -0.2) is 0 Å². The van der Waals surface area contributed by atoms with Crippen LogP contribution >= 0.6 is 0 Å². The van der Waals surface area contributed by atoms with Crippen LogP contribution in [-0.4, -0.2) is 73.3 Å². The van der Waals surface area contributed by atoms with Crippen molar-refractivity contribution < 1.29 is 42.9 Å². The summed E-state index contributed by atoms with van der Waals surface area (Å²) in [6, 6.07) is 5.65. The molecule has 48 heavy (non-hydrogen) atoms. The van der Waals surface area contributed by atoms with E-state index in [0.717, 1.165) is 62.5 Å². The highest BCUT2D eigenvalue weighted by atomic mass is 16.6. The van der Waals surface area contributed by atoms with Gasteiger partial charge in [0.05, 0.1) is 12.8 Å². The molecule has 0 heterocycles. The molecule has 1 aromatic carbocycles. The number of aryl methyl sites for hydroxylation is 2. The van der Waals surface area contributed by atoms with Crippen LogP contribution in [0.5, 0.6) is 0 Å². The topological polar surface area (TPSA) is 138 Å². The van der Waals surface area contributed by atoms with Gasteiger partial charge in [-0.1, -0.05) is 97.3 Å². The average molecular weight is 677 g/mol. The van der Waals surface area contributed by atoms with Crippen LogP contribution in [0, 0.1) is 13.8 Å². The predicted octanol–water partition coefficient (Wildman–Crippen LogP) is 6.95. The summed E-state index contributed by atoms with van der Waals surface area (Å²) in [6.07, 6.45) is 7.39. The molecule has 0 radical (unpaired) electrons. The van der Waals surface area contributed by atoms with Crippen LogP contribution in [0.15, 0.2) is 18.2 Å². The lowest BCUT2D eigenvalue weighted by atomic mass is 10.1. The summed E-state index contributed by atoms with van der Waals surface area (Å²) in [5.74, 6) is -2.82. The Balaban J connectivity index is 2.76. The molecule has 0 fully saturated rings. The average Bonchev–Trinajstić information content (AvgIpc) is 3.06. The lowest BCUT2D eigenvalue weighted by Crippen LogP contribution is -2.47. The summed E-state index contributed by atoms with van der Waals surface area (Å²) in [4.78, 5) is 65.2. The highest BCUT2D eigenvalue weighted by Crippen LogP contribution is 2.21. The van der Waals surface area contributed by atoms with E-state index in [1.54, 1.807) is 4.90 Å². The maximum atomic E-state index is 13.3. The molecular weight excluding hydrogens is 616 g/mol. The Bertz CT molecular complexity index is 1070. The highest BCUT2D eigenvalue weighted by molar-refractivity contribution is 5.96. The molecule has 0 saturated heterocycles.